The molecule has 5 rings (SSSR count). The number of oxazole rings is 1. The summed E-state index contributed by atoms with van der Waals surface area (Å²) < 4.78 is 6.64. The first-order chi connectivity index (χ1) is 18.5. The van der Waals surface area contributed by atoms with Gasteiger partial charge in [-0.1, -0.05) is 41.9 Å². The maximum Gasteiger partial charge on any atom is 0.272 e. The normalized spacial score (nSPS) is 10.7. The minimum Gasteiger partial charge on any atom is -0.447 e. The average molecular weight is 528 g/mol. The number of carbonyl (C=O) groups is 2. The summed E-state index contributed by atoms with van der Waals surface area (Å²) in [7, 11) is 1.78. The summed E-state index contributed by atoms with van der Waals surface area (Å²) in [5.41, 5.74) is 2.41. The van der Waals surface area contributed by atoms with Gasteiger partial charge in [-0.2, -0.15) is 5.10 Å². The monoisotopic (exact) mass is 527 g/mol. The summed E-state index contributed by atoms with van der Waals surface area (Å²) in [5.74, 6) is 0.427. The van der Waals surface area contributed by atoms with Crippen LogP contribution in [0, 0.1) is 0 Å². The van der Waals surface area contributed by atoms with Crippen molar-refractivity contribution in [3.05, 3.63) is 107 Å². The average Bonchev–Trinajstić information content (AvgIpc) is 3.63. The van der Waals surface area contributed by atoms with Crippen LogP contribution in [0.4, 0.5) is 11.6 Å². The zero-order valence-electron chi connectivity index (χ0n) is 20.2. The third-order valence-electron chi connectivity index (χ3n) is 5.58. The van der Waals surface area contributed by atoms with Crippen molar-refractivity contribution in [1.82, 2.24) is 25.1 Å². The topological polar surface area (TPSA) is 127 Å². The van der Waals surface area contributed by atoms with E-state index in [1.165, 1.54) is 23.2 Å². The zero-order valence-corrected chi connectivity index (χ0v) is 20.9. The second kappa shape index (κ2) is 11.0. The zero-order chi connectivity index (χ0) is 26.5. The Kier molecular flexibility index (Phi) is 7.14. The summed E-state index contributed by atoms with van der Waals surface area (Å²) in [6, 6.07) is 21.3. The van der Waals surface area contributed by atoms with E-state index in [4.69, 9.17) is 16.0 Å². The van der Waals surface area contributed by atoms with Crippen molar-refractivity contribution < 1.29 is 14.0 Å². The van der Waals surface area contributed by atoms with Crippen molar-refractivity contribution in [3.63, 3.8) is 0 Å². The number of rotatable bonds is 8. The van der Waals surface area contributed by atoms with Gasteiger partial charge in [0.2, 0.25) is 5.89 Å². The number of pyridine rings is 1. The van der Waals surface area contributed by atoms with Gasteiger partial charge in [0.15, 0.2) is 5.69 Å². The van der Waals surface area contributed by atoms with Crippen LogP contribution in [0.3, 0.4) is 0 Å². The van der Waals surface area contributed by atoms with Gasteiger partial charge in [-0.3, -0.25) is 9.59 Å². The van der Waals surface area contributed by atoms with E-state index in [-0.39, 0.29) is 22.8 Å². The van der Waals surface area contributed by atoms with Crippen molar-refractivity contribution in [2.75, 3.05) is 17.7 Å². The molecule has 38 heavy (non-hydrogen) atoms. The Morgan fingerprint density at radius 1 is 1.00 bits per heavy atom. The van der Waals surface area contributed by atoms with Crippen molar-refractivity contribution in [2.24, 2.45) is 0 Å². The fraction of sp³-hybridized carbons (Fsp3) is 0.0741. The molecule has 0 saturated carbocycles. The van der Waals surface area contributed by atoms with Gasteiger partial charge >= 0.3 is 0 Å². The molecule has 3 heterocycles. The van der Waals surface area contributed by atoms with Crippen LogP contribution in [0.1, 0.15) is 26.7 Å². The molecule has 11 heteroatoms. The lowest BCUT2D eigenvalue weighted by molar-refractivity contribution is 0.0941. The van der Waals surface area contributed by atoms with Crippen LogP contribution in [0.15, 0.2) is 89.7 Å². The molecule has 0 aliphatic rings. The Morgan fingerprint density at radius 3 is 2.61 bits per heavy atom. The van der Waals surface area contributed by atoms with E-state index >= 15 is 0 Å². The van der Waals surface area contributed by atoms with Crippen LogP contribution in [0.2, 0.25) is 5.02 Å². The minimum atomic E-state index is -0.467. The van der Waals surface area contributed by atoms with Crippen LogP contribution in [0.25, 0.3) is 16.9 Å². The summed E-state index contributed by atoms with van der Waals surface area (Å²) >= 11 is 6.41. The van der Waals surface area contributed by atoms with Crippen LogP contribution < -0.4 is 16.0 Å². The first-order valence-electron chi connectivity index (χ1n) is 11.6. The second-order valence-corrected chi connectivity index (χ2v) is 8.48. The van der Waals surface area contributed by atoms with Crippen LogP contribution in [-0.2, 0) is 6.54 Å². The third-order valence-corrected chi connectivity index (χ3v) is 5.91. The van der Waals surface area contributed by atoms with Gasteiger partial charge in [-0.15, -0.1) is 0 Å². The molecule has 0 radical (unpaired) electrons. The summed E-state index contributed by atoms with van der Waals surface area (Å²) in [5, 5.41) is 13.2. The van der Waals surface area contributed by atoms with Crippen LogP contribution in [-0.4, -0.2) is 38.6 Å². The molecule has 3 aromatic heterocycles. The minimum absolute atomic E-state index is 0.0942. The molecule has 0 aliphatic heterocycles. The van der Waals surface area contributed by atoms with Gasteiger partial charge in [-0.25, -0.2) is 14.6 Å². The molecule has 0 spiro atoms. The summed E-state index contributed by atoms with van der Waals surface area (Å²) in [6.45, 7) is 0.0942. The highest BCUT2D eigenvalue weighted by Gasteiger charge is 2.20. The van der Waals surface area contributed by atoms with E-state index in [1.54, 1.807) is 25.2 Å². The van der Waals surface area contributed by atoms with E-state index in [0.717, 1.165) is 5.56 Å². The van der Waals surface area contributed by atoms with E-state index in [1.807, 2.05) is 48.5 Å². The number of halogens is 1. The highest BCUT2D eigenvalue weighted by Crippen LogP contribution is 2.26. The molecule has 0 atom stereocenters. The van der Waals surface area contributed by atoms with Crippen molar-refractivity contribution in [3.8, 4) is 16.9 Å². The number of hydrogen-bond acceptors (Lipinski definition) is 7. The number of para-hydroxylation sites is 1. The fourth-order valence-electron chi connectivity index (χ4n) is 3.71. The highest BCUT2D eigenvalue weighted by molar-refractivity contribution is 6.34. The van der Waals surface area contributed by atoms with E-state index < -0.39 is 11.8 Å². The van der Waals surface area contributed by atoms with Gasteiger partial charge in [-0.05, 0) is 36.4 Å². The van der Waals surface area contributed by atoms with Crippen LogP contribution >= 0.6 is 11.6 Å². The molecule has 2 amide bonds. The standard InChI is InChI=1S/C27H22ClN7O3/c1-29-23-9-5-8-21(32-23)17-10-11-20(28)19(14-17)26(36)33-24-15-22(27(37)31-16-25-30-12-13-38-25)34-35(24)18-6-3-2-4-7-18/h2-15H,16H2,1H3,(H,29,32)(H,31,37)(H,33,36). The smallest absolute Gasteiger partial charge is 0.272 e. The lowest BCUT2D eigenvalue weighted by Crippen LogP contribution is -2.23. The molecular weight excluding hydrogens is 506 g/mol. The SMILES string of the molecule is CNc1cccc(-c2ccc(Cl)c(C(=O)Nc3cc(C(=O)NCc4ncco4)nn3-c3ccccc3)c2)n1. The first kappa shape index (κ1) is 24.7. The van der Waals surface area contributed by atoms with Gasteiger partial charge in [0.05, 0.1) is 34.7 Å². The molecular formula is C27H22ClN7O3. The van der Waals surface area contributed by atoms with Crippen molar-refractivity contribution >= 4 is 35.1 Å². The van der Waals surface area contributed by atoms with Crippen molar-refractivity contribution in [1.29, 1.82) is 0 Å². The predicted molar refractivity (Wildman–Crippen MR) is 143 cm³/mol. The lowest BCUT2D eigenvalue weighted by atomic mass is 10.1. The van der Waals surface area contributed by atoms with E-state index in [9.17, 15) is 9.59 Å². The Hall–Kier alpha value is -4.96. The molecule has 5 aromatic rings. The molecule has 0 fully saturated rings. The molecule has 10 nitrogen and oxygen atoms in total. The Balaban J connectivity index is 1.44. The van der Waals surface area contributed by atoms with Gasteiger partial charge < -0.3 is 20.4 Å². The molecule has 0 bridgehead atoms. The number of nitrogens with zero attached hydrogens (tertiary/aromatic N) is 4. The summed E-state index contributed by atoms with van der Waals surface area (Å²) in [6.07, 6.45) is 2.92. The quantitative estimate of drug-likeness (QED) is 0.264. The van der Waals surface area contributed by atoms with E-state index in [2.05, 4.69) is 31.0 Å². The first-order valence-corrected chi connectivity index (χ1v) is 12.0. The van der Waals surface area contributed by atoms with Crippen molar-refractivity contribution in [2.45, 2.75) is 6.54 Å². The maximum absolute atomic E-state index is 13.4. The molecule has 0 aliphatic carbocycles. The van der Waals surface area contributed by atoms with Gasteiger partial charge in [0.25, 0.3) is 11.8 Å². The number of benzene rings is 2. The summed E-state index contributed by atoms with van der Waals surface area (Å²) in [4.78, 5) is 34.7. The molecule has 2 aromatic carbocycles. The number of amides is 2. The molecule has 3 N–H and O–H groups in total. The number of anilines is 2. The largest absolute Gasteiger partial charge is 0.447 e. The van der Waals surface area contributed by atoms with Gasteiger partial charge in [0.1, 0.15) is 17.9 Å². The van der Waals surface area contributed by atoms with Crippen LogP contribution in [0.5, 0.6) is 0 Å². The number of hydrogen-bond donors (Lipinski definition) is 3. The second-order valence-electron chi connectivity index (χ2n) is 8.08. The van der Waals surface area contributed by atoms with Gasteiger partial charge in [0, 0.05) is 18.7 Å². The number of aromatic nitrogens is 4. The third kappa shape index (κ3) is 5.40. The Labute approximate surface area is 222 Å². The molecule has 0 unspecified atom stereocenters. The predicted octanol–water partition coefficient (Wildman–Crippen LogP) is 4.80. The van der Waals surface area contributed by atoms with E-state index in [0.29, 0.717) is 28.9 Å². The fourth-order valence-corrected chi connectivity index (χ4v) is 3.91. The number of carbonyl (C=O) groups excluding carboxylic acids is 2. The molecule has 0 saturated heterocycles. The Morgan fingerprint density at radius 2 is 1.84 bits per heavy atom. The highest BCUT2D eigenvalue weighted by atomic mass is 35.5. The number of nitrogens with one attached hydrogen (secondary N) is 3. The molecule has 190 valence electrons. The Bertz CT molecular complexity index is 1580. The maximum atomic E-state index is 13.4. The lowest BCUT2D eigenvalue weighted by Gasteiger charge is -2.11.